The van der Waals surface area contributed by atoms with Crippen molar-refractivity contribution in [1.29, 1.82) is 0 Å². The molecule has 0 fully saturated rings. The number of quaternary nitrogens is 1. The van der Waals surface area contributed by atoms with Crippen molar-refractivity contribution in [2.75, 3.05) is 40.9 Å². The van der Waals surface area contributed by atoms with E-state index in [-0.39, 0.29) is 19.1 Å². The van der Waals surface area contributed by atoms with Gasteiger partial charge < -0.3 is 19.8 Å². The second-order valence-electron chi connectivity index (χ2n) is 27.0. The molecule has 0 bridgehead atoms. The molecule has 3 unspecified atom stereocenters. The number of aliphatic hydroxyl groups excluding tert-OH is 1. The number of phosphoric acid groups is 1. The number of nitrogens with zero attached hydrogens (tertiary/aromatic N) is 1. The van der Waals surface area contributed by atoms with E-state index in [2.05, 4.69) is 19.2 Å². The van der Waals surface area contributed by atoms with Gasteiger partial charge in [0, 0.05) is 6.42 Å². The highest BCUT2D eigenvalue weighted by Gasteiger charge is 2.28. The summed E-state index contributed by atoms with van der Waals surface area (Å²) >= 11 is 0. The lowest BCUT2D eigenvalue weighted by molar-refractivity contribution is -0.870. The summed E-state index contributed by atoms with van der Waals surface area (Å²) in [6.45, 7) is 4.88. The smallest absolute Gasteiger partial charge is 0.387 e. The average molecular weight is 1180 g/mol. The van der Waals surface area contributed by atoms with E-state index in [1.54, 1.807) is 6.08 Å². The molecular weight excluding hydrogens is 1030 g/mol. The lowest BCUT2D eigenvalue weighted by atomic mass is 10.0. The summed E-state index contributed by atoms with van der Waals surface area (Å²) in [5.41, 5.74) is 0. The summed E-state index contributed by atoms with van der Waals surface area (Å²) in [6, 6.07) is -0.843. The molecule has 8 nitrogen and oxygen atoms in total. The Morgan fingerprint density at radius 1 is 0.402 bits per heavy atom. The highest BCUT2D eigenvalue weighted by molar-refractivity contribution is 7.47. The quantitative estimate of drug-likeness (QED) is 0.0243. The fourth-order valence-corrected chi connectivity index (χ4v) is 12.5. The number of rotatable bonds is 70. The third-order valence-electron chi connectivity index (χ3n) is 17.5. The van der Waals surface area contributed by atoms with E-state index < -0.39 is 20.0 Å². The summed E-state index contributed by atoms with van der Waals surface area (Å²) in [6.07, 6.45) is 84.0. The molecule has 1 amide bonds. The van der Waals surface area contributed by atoms with E-state index in [0.29, 0.717) is 17.4 Å². The third-order valence-corrected chi connectivity index (χ3v) is 18.5. The Morgan fingerprint density at radius 2 is 0.646 bits per heavy atom. The molecule has 3 atom stereocenters. The van der Waals surface area contributed by atoms with Crippen molar-refractivity contribution in [3.63, 3.8) is 0 Å². The highest BCUT2D eigenvalue weighted by Crippen LogP contribution is 2.43. The molecule has 0 saturated heterocycles. The number of carbonyl (C=O) groups excluding carboxylic acids is 1. The fraction of sp³-hybridized carbons (Fsp3) is 0.959. The Hall–Kier alpha value is -0.760. The fourth-order valence-electron chi connectivity index (χ4n) is 11.8. The number of phosphoric ester groups is 1. The van der Waals surface area contributed by atoms with E-state index in [1.165, 1.54) is 347 Å². The number of nitrogens with one attached hydrogen (secondary N) is 1. The van der Waals surface area contributed by atoms with Gasteiger partial charge in [0.05, 0.1) is 39.9 Å². The minimum Gasteiger partial charge on any atom is -0.387 e. The largest absolute Gasteiger partial charge is 0.472 e. The van der Waals surface area contributed by atoms with Gasteiger partial charge in [0.25, 0.3) is 0 Å². The topological polar surface area (TPSA) is 105 Å². The van der Waals surface area contributed by atoms with Crippen molar-refractivity contribution in [2.24, 2.45) is 0 Å². The zero-order valence-corrected chi connectivity index (χ0v) is 57.2. The van der Waals surface area contributed by atoms with Gasteiger partial charge in [0.1, 0.15) is 13.2 Å². The molecule has 0 aromatic carbocycles. The summed E-state index contributed by atoms with van der Waals surface area (Å²) in [4.78, 5) is 23.4. The van der Waals surface area contributed by atoms with Gasteiger partial charge in [-0.1, -0.05) is 386 Å². The van der Waals surface area contributed by atoms with Gasteiger partial charge in [-0.2, -0.15) is 0 Å². The number of hydrogen-bond donors (Lipinski definition) is 3. The first kappa shape index (κ1) is 81.2. The maximum absolute atomic E-state index is 13.0. The van der Waals surface area contributed by atoms with Crippen molar-refractivity contribution >= 4 is 13.7 Å². The van der Waals surface area contributed by atoms with Gasteiger partial charge in [-0.05, 0) is 19.3 Å². The van der Waals surface area contributed by atoms with E-state index >= 15 is 0 Å². The molecule has 490 valence electrons. The van der Waals surface area contributed by atoms with Crippen LogP contribution in [0.15, 0.2) is 12.2 Å². The molecule has 0 aromatic heterocycles. The van der Waals surface area contributed by atoms with Crippen molar-refractivity contribution < 1.29 is 32.9 Å². The Labute approximate surface area is 513 Å². The summed E-state index contributed by atoms with van der Waals surface area (Å²) in [5.74, 6) is -0.167. The third kappa shape index (κ3) is 66.8. The highest BCUT2D eigenvalue weighted by atomic mass is 31.2. The molecule has 0 aliphatic carbocycles. The normalized spacial score (nSPS) is 13.6. The van der Waals surface area contributed by atoms with Crippen LogP contribution in [-0.2, 0) is 18.4 Å². The van der Waals surface area contributed by atoms with E-state index in [4.69, 9.17) is 9.05 Å². The van der Waals surface area contributed by atoms with Crippen molar-refractivity contribution in [1.82, 2.24) is 5.32 Å². The molecule has 82 heavy (non-hydrogen) atoms. The number of aliphatic hydroxyl groups is 1. The van der Waals surface area contributed by atoms with Crippen LogP contribution in [0.5, 0.6) is 0 Å². The zero-order valence-electron chi connectivity index (χ0n) is 56.3. The van der Waals surface area contributed by atoms with Crippen LogP contribution in [0.25, 0.3) is 0 Å². The average Bonchev–Trinajstić information content (AvgIpc) is 3.47. The molecule has 0 heterocycles. The molecule has 0 rings (SSSR count). The molecule has 0 aromatic rings. The maximum atomic E-state index is 13.0. The van der Waals surface area contributed by atoms with Crippen LogP contribution in [0, 0.1) is 0 Å². The lowest BCUT2D eigenvalue weighted by Crippen LogP contribution is -2.45. The van der Waals surface area contributed by atoms with Crippen LogP contribution in [0.3, 0.4) is 0 Å². The second-order valence-corrected chi connectivity index (χ2v) is 28.5. The summed E-state index contributed by atoms with van der Waals surface area (Å²) in [7, 11) is 1.60. The second kappa shape index (κ2) is 64.7. The van der Waals surface area contributed by atoms with Crippen molar-refractivity contribution in [3.8, 4) is 0 Å². The van der Waals surface area contributed by atoms with E-state index in [0.717, 1.165) is 32.1 Å². The van der Waals surface area contributed by atoms with Gasteiger partial charge in [-0.15, -0.1) is 0 Å². The molecule has 0 radical (unpaired) electrons. The predicted octanol–water partition coefficient (Wildman–Crippen LogP) is 23.7. The summed E-state index contributed by atoms with van der Waals surface area (Å²) in [5, 5.41) is 14.0. The Bertz CT molecular complexity index is 1340. The number of carbonyl (C=O) groups is 1. The Kier molecular flexibility index (Phi) is 64.1. The number of allylic oxidation sites excluding steroid dienone is 1. The number of amides is 1. The first-order chi connectivity index (χ1) is 40.0. The lowest BCUT2D eigenvalue weighted by Gasteiger charge is -2.25. The predicted molar refractivity (Wildman–Crippen MR) is 360 cm³/mol. The molecule has 0 aliphatic rings. The van der Waals surface area contributed by atoms with Gasteiger partial charge >= 0.3 is 7.82 Å². The Balaban J connectivity index is 3.85. The minimum absolute atomic E-state index is 0.0654. The minimum atomic E-state index is -4.35. The van der Waals surface area contributed by atoms with Crippen LogP contribution < -0.4 is 5.32 Å². The number of unbranched alkanes of at least 4 members (excludes halogenated alkanes) is 57. The van der Waals surface area contributed by atoms with Gasteiger partial charge in [0.15, 0.2) is 0 Å². The molecule has 9 heteroatoms. The zero-order chi connectivity index (χ0) is 59.8. The Morgan fingerprint density at radius 3 is 0.902 bits per heavy atom. The van der Waals surface area contributed by atoms with Gasteiger partial charge in [-0.3, -0.25) is 13.8 Å². The summed E-state index contributed by atoms with van der Waals surface area (Å²) < 4.78 is 23.8. The molecule has 0 spiro atoms. The van der Waals surface area contributed by atoms with Crippen LogP contribution >= 0.6 is 7.82 Å². The SMILES string of the molecule is CCCCCCCCCCCCCCCCCCC/C=C/C(O)C(COP(=O)(O)OCC[N+](C)(C)C)NC(=O)CCCCCCCCCCCCCCCCCCCCCCCCCCCCCCCCCCCCCCCCCCC. The first-order valence-electron chi connectivity index (χ1n) is 37.1. The van der Waals surface area contributed by atoms with Crippen LogP contribution in [0.4, 0.5) is 0 Å². The van der Waals surface area contributed by atoms with E-state index in [1.807, 2.05) is 27.2 Å². The van der Waals surface area contributed by atoms with Crippen molar-refractivity contribution in [2.45, 2.75) is 411 Å². The van der Waals surface area contributed by atoms with Crippen LogP contribution in [-0.4, -0.2) is 73.4 Å². The van der Waals surface area contributed by atoms with Crippen LogP contribution in [0.1, 0.15) is 399 Å². The number of likely N-dealkylation sites (N-methyl/N-ethyl adjacent to an activating group) is 1. The van der Waals surface area contributed by atoms with Gasteiger partial charge in [-0.25, -0.2) is 4.57 Å². The first-order valence-corrected chi connectivity index (χ1v) is 38.6. The number of hydrogen-bond acceptors (Lipinski definition) is 5. The standard InChI is InChI=1S/C73H147N2O6P/c1-6-8-10-12-14-16-18-20-22-24-26-27-28-29-30-31-32-33-34-35-36-37-38-39-40-41-42-43-44-45-46-47-49-51-53-55-57-59-61-63-65-67-73(77)74-71(70-81-82(78,79)80-69-68-75(3,4)5)72(76)66-64-62-60-58-56-54-52-50-48-25-23-21-19-17-15-13-11-9-7-2/h64,66,71-72,76H,6-63,65,67-70H2,1-5H3,(H-,74,77,78,79)/p+1/b66-64+. The molecular formula is C73H148N2O6P+. The molecule has 0 aliphatic heterocycles. The van der Waals surface area contributed by atoms with E-state index in [9.17, 15) is 19.4 Å². The van der Waals surface area contributed by atoms with Crippen molar-refractivity contribution in [3.05, 3.63) is 12.2 Å². The molecule has 3 N–H and O–H groups in total. The monoisotopic (exact) mass is 1180 g/mol. The molecule has 0 saturated carbocycles. The van der Waals surface area contributed by atoms with Crippen LogP contribution in [0.2, 0.25) is 0 Å². The van der Waals surface area contributed by atoms with Gasteiger partial charge in [0.2, 0.25) is 5.91 Å². The maximum Gasteiger partial charge on any atom is 0.472 e.